The highest BCUT2D eigenvalue weighted by Gasteiger charge is 2.14. The highest BCUT2D eigenvalue weighted by molar-refractivity contribution is 5.63. The predicted molar refractivity (Wildman–Crippen MR) is 89.2 cm³/mol. The third-order valence-electron chi connectivity index (χ3n) is 3.48. The summed E-state index contributed by atoms with van der Waals surface area (Å²) in [6, 6.07) is 8.81. The number of hydrogen-bond donors (Lipinski definition) is 1. The van der Waals surface area contributed by atoms with Gasteiger partial charge in [-0.1, -0.05) is 37.6 Å². The van der Waals surface area contributed by atoms with E-state index in [9.17, 15) is 0 Å². The molecule has 0 fully saturated rings. The van der Waals surface area contributed by atoms with Crippen LogP contribution in [0.4, 0.5) is 0 Å². The lowest BCUT2D eigenvalue weighted by molar-refractivity contribution is 0.424. The summed E-state index contributed by atoms with van der Waals surface area (Å²) in [5.41, 5.74) is 5.03. The molecule has 21 heavy (non-hydrogen) atoms. The Balaban J connectivity index is 2.22. The van der Waals surface area contributed by atoms with Crippen LogP contribution in [0.2, 0.25) is 0 Å². The normalized spacial score (nSPS) is 11.9. The number of rotatable bonds is 5. The summed E-state index contributed by atoms with van der Waals surface area (Å²) in [5, 5.41) is 8.17. The van der Waals surface area contributed by atoms with Crippen LogP contribution in [0.1, 0.15) is 45.2 Å². The van der Waals surface area contributed by atoms with Crippen molar-refractivity contribution in [3.05, 3.63) is 41.6 Å². The second-order valence-corrected chi connectivity index (χ2v) is 6.73. The second-order valence-electron chi connectivity index (χ2n) is 6.73. The van der Waals surface area contributed by atoms with Gasteiger partial charge in [0.1, 0.15) is 0 Å². The third kappa shape index (κ3) is 4.43. The maximum Gasteiger partial charge on any atom is 0.0967 e. The number of benzene rings is 1. The zero-order valence-electron chi connectivity index (χ0n) is 13.9. The molecular weight excluding hydrogens is 258 g/mol. The summed E-state index contributed by atoms with van der Waals surface area (Å²) in [5.74, 6) is 0. The minimum atomic E-state index is 0.109. The second kappa shape index (κ2) is 6.44. The van der Waals surface area contributed by atoms with Crippen molar-refractivity contribution in [1.82, 2.24) is 15.1 Å². The van der Waals surface area contributed by atoms with Crippen LogP contribution < -0.4 is 5.32 Å². The first-order valence-corrected chi connectivity index (χ1v) is 7.76. The number of nitrogens with one attached hydrogen (secondary N) is 1. The van der Waals surface area contributed by atoms with Crippen molar-refractivity contribution in [3.8, 4) is 11.3 Å². The Hall–Kier alpha value is -1.61. The molecule has 0 atom stereocenters. The molecule has 114 valence electrons. The highest BCUT2D eigenvalue weighted by Crippen LogP contribution is 2.23. The van der Waals surface area contributed by atoms with E-state index < -0.39 is 0 Å². The van der Waals surface area contributed by atoms with Crippen LogP contribution in [-0.2, 0) is 20.0 Å². The van der Waals surface area contributed by atoms with E-state index in [2.05, 4.69) is 68.6 Å². The third-order valence-corrected chi connectivity index (χ3v) is 3.48. The van der Waals surface area contributed by atoms with Gasteiger partial charge in [0, 0.05) is 36.5 Å². The molecule has 1 N–H and O–H groups in total. The van der Waals surface area contributed by atoms with Crippen LogP contribution in [0.3, 0.4) is 0 Å². The fourth-order valence-electron chi connectivity index (χ4n) is 2.39. The molecule has 3 heteroatoms. The van der Waals surface area contributed by atoms with Crippen molar-refractivity contribution in [2.24, 2.45) is 7.05 Å². The topological polar surface area (TPSA) is 29.9 Å². The van der Waals surface area contributed by atoms with Crippen molar-refractivity contribution in [2.75, 3.05) is 0 Å². The lowest BCUT2D eigenvalue weighted by Crippen LogP contribution is -2.35. The molecule has 0 saturated carbocycles. The van der Waals surface area contributed by atoms with Gasteiger partial charge >= 0.3 is 0 Å². The van der Waals surface area contributed by atoms with Gasteiger partial charge < -0.3 is 5.32 Å². The quantitative estimate of drug-likeness (QED) is 0.902. The molecule has 2 aromatic rings. The lowest BCUT2D eigenvalue weighted by Gasteiger charge is -2.20. The van der Waals surface area contributed by atoms with Gasteiger partial charge in [-0.25, -0.2) is 0 Å². The molecule has 2 rings (SSSR count). The zero-order valence-corrected chi connectivity index (χ0v) is 13.9. The van der Waals surface area contributed by atoms with Crippen molar-refractivity contribution in [3.63, 3.8) is 0 Å². The highest BCUT2D eigenvalue weighted by atomic mass is 15.3. The van der Waals surface area contributed by atoms with Gasteiger partial charge in [0.05, 0.1) is 5.69 Å². The van der Waals surface area contributed by atoms with Gasteiger partial charge in [-0.2, -0.15) is 5.10 Å². The maximum absolute atomic E-state index is 4.63. The molecule has 0 aliphatic heterocycles. The van der Waals surface area contributed by atoms with E-state index in [1.807, 2.05) is 11.7 Å². The Labute approximate surface area is 128 Å². The summed E-state index contributed by atoms with van der Waals surface area (Å²) < 4.78 is 1.90. The number of aryl methyl sites for hydroxylation is 2. The molecular formula is C18H27N3. The summed E-state index contributed by atoms with van der Waals surface area (Å²) in [7, 11) is 1.98. The molecule has 0 radical (unpaired) electrons. The van der Waals surface area contributed by atoms with Gasteiger partial charge in [-0.05, 0) is 32.8 Å². The Morgan fingerprint density at radius 1 is 1.14 bits per heavy atom. The first-order valence-electron chi connectivity index (χ1n) is 7.76. The van der Waals surface area contributed by atoms with Crippen LogP contribution in [0.5, 0.6) is 0 Å². The predicted octanol–water partition coefficient (Wildman–Crippen LogP) is 3.93. The van der Waals surface area contributed by atoms with E-state index in [-0.39, 0.29) is 5.54 Å². The van der Waals surface area contributed by atoms with Gasteiger partial charge in [0.2, 0.25) is 0 Å². The first kappa shape index (κ1) is 15.8. The van der Waals surface area contributed by atoms with Crippen LogP contribution in [0.15, 0.2) is 30.5 Å². The van der Waals surface area contributed by atoms with Gasteiger partial charge in [0.25, 0.3) is 0 Å². The monoisotopic (exact) mass is 285 g/mol. The summed E-state index contributed by atoms with van der Waals surface area (Å²) >= 11 is 0. The Morgan fingerprint density at radius 2 is 1.81 bits per heavy atom. The van der Waals surface area contributed by atoms with E-state index in [1.54, 1.807) is 0 Å². The molecule has 3 nitrogen and oxygen atoms in total. The molecule has 0 aliphatic rings. The van der Waals surface area contributed by atoms with Crippen molar-refractivity contribution in [1.29, 1.82) is 0 Å². The van der Waals surface area contributed by atoms with Gasteiger partial charge in [-0.3, -0.25) is 4.68 Å². The number of hydrogen-bond acceptors (Lipinski definition) is 2. The van der Waals surface area contributed by atoms with E-state index in [4.69, 9.17) is 0 Å². The van der Waals surface area contributed by atoms with Crippen molar-refractivity contribution >= 4 is 0 Å². The largest absolute Gasteiger partial charge is 0.308 e. The summed E-state index contributed by atoms with van der Waals surface area (Å²) in [6.45, 7) is 9.60. The molecule has 0 spiro atoms. The Morgan fingerprint density at radius 3 is 2.38 bits per heavy atom. The number of aromatic nitrogens is 2. The minimum Gasteiger partial charge on any atom is -0.308 e. The summed E-state index contributed by atoms with van der Waals surface area (Å²) in [6.07, 6.45) is 4.43. The lowest BCUT2D eigenvalue weighted by atomic mass is 10.0. The zero-order chi connectivity index (χ0) is 15.5. The van der Waals surface area contributed by atoms with E-state index in [0.29, 0.717) is 0 Å². The van der Waals surface area contributed by atoms with Crippen molar-refractivity contribution in [2.45, 2.75) is 52.6 Å². The van der Waals surface area contributed by atoms with Crippen LogP contribution in [0.25, 0.3) is 11.3 Å². The molecule has 1 aromatic carbocycles. The fraction of sp³-hybridized carbons (Fsp3) is 0.500. The molecule has 0 unspecified atom stereocenters. The Kier molecular flexibility index (Phi) is 4.84. The average Bonchev–Trinajstić information content (AvgIpc) is 2.78. The summed E-state index contributed by atoms with van der Waals surface area (Å²) in [4.78, 5) is 0. The molecule has 0 aliphatic carbocycles. The van der Waals surface area contributed by atoms with E-state index in [0.717, 1.165) is 18.7 Å². The molecule has 0 saturated heterocycles. The first-order chi connectivity index (χ1) is 9.89. The standard InChI is InChI=1S/C18H27N3/c1-6-7-14-8-10-15(11-9-14)17-16(13-21(5)20-17)12-19-18(2,3)4/h8-11,13,19H,6-7,12H2,1-5H3. The average molecular weight is 285 g/mol. The van der Waals surface area contributed by atoms with Crippen LogP contribution >= 0.6 is 0 Å². The maximum atomic E-state index is 4.63. The number of nitrogens with zero attached hydrogens (tertiary/aromatic N) is 2. The Bertz CT molecular complexity index is 574. The smallest absolute Gasteiger partial charge is 0.0967 e. The fourth-order valence-corrected chi connectivity index (χ4v) is 2.39. The molecule has 0 bridgehead atoms. The van der Waals surface area contributed by atoms with Crippen LogP contribution in [-0.4, -0.2) is 15.3 Å². The van der Waals surface area contributed by atoms with Gasteiger partial charge in [-0.15, -0.1) is 0 Å². The molecule has 1 aromatic heterocycles. The van der Waals surface area contributed by atoms with Gasteiger partial charge in [0.15, 0.2) is 0 Å². The molecule has 0 amide bonds. The van der Waals surface area contributed by atoms with E-state index >= 15 is 0 Å². The van der Waals surface area contributed by atoms with Crippen molar-refractivity contribution < 1.29 is 0 Å². The molecule has 1 heterocycles. The SMILES string of the molecule is CCCc1ccc(-c2nn(C)cc2CNC(C)(C)C)cc1. The van der Waals surface area contributed by atoms with Crippen LogP contribution in [0, 0.1) is 0 Å². The van der Waals surface area contributed by atoms with E-state index in [1.165, 1.54) is 23.1 Å². The minimum absolute atomic E-state index is 0.109.